The van der Waals surface area contributed by atoms with Crippen LogP contribution >= 0.6 is 11.3 Å². The number of nitrogens with zero attached hydrogens (tertiary/aromatic N) is 1. The van der Waals surface area contributed by atoms with Crippen LogP contribution in [0.4, 0.5) is 5.13 Å². The standard InChI is InChI=1S/C17H18N2S/c1-3-14(13-7-5-4-6-8-13)18-17-19-15-10-9-12(2)11-16(15)20-17/h4-11,14H,3H2,1-2H3,(H,18,19). The van der Waals surface area contributed by atoms with Crippen molar-refractivity contribution in [3.8, 4) is 0 Å². The molecule has 1 aromatic heterocycles. The SMILES string of the molecule is CCC(Nc1nc2ccc(C)cc2s1)c1ccccc1. The van der Waals surface area contributed by atoms with Crippen molar-refractivity contribution in [2.75, 3.05) is 5.32 Å². The number of rotatable bonds is 4. The van der Waals surface area contributed by atoms with Crippen LogP contribution in [0, 0.1) is 6.92 Å². The molecule has 0 spiro atoms. The molecule has 0 fully saturated rings. The Morgan fingerprint density at radius 1 is 1.15 bits per heavy atom. The van der Waals surface area contributed by atoms with E-state index < -0.39 is 0 Å². The van der Waals surface area contributed by atoms with Crippen molar-refractivity contribution in [1.29, 1.82) is 0 Å². The number of aryl methyl sites for hydroxylation is 1. The largest absolute Gasteiger partial charge is 0.355 e. The van der Waals surface area contributed by atoms with Gasteiger partial charge >= 0.3 is 0 Å². The summed E-state index contributed by atoms with van der Waals surface area (Å²) in [5, 5.41) is 4.56. The Hall–Kier alpha value is -1.87. The number of fused-ring (bicyclic) bond motifs is 1. The Bertz CT molecular complexity index is 703. The van der Waals surface area contributed by atoms with Crippen LogP contribution in [0.3, 0.4) is 0 Å². The highest BCUT2D eigenvalue weighted by Gasteiger charge is 2.11. The molecule has 1 atom stereocenters. The lowest BCUT2D eigenvalue weighted by Gasteiger charge is -2.16. The first-order valence-electron chi connectivity index (χ1n) is 6.95. The van der Waals surface area contributed by atoms with Gasteiger partial charge in [-0.1, -0.05) is 54.7 Å². The molecule has 0 aliphatic carbocycles. The highest BCUT2D eigenvalue weighted by molar-refractivity contribution is 7.22. The summed E-state index contributed by atoms with van der Waals surface area (Å²) < 4.78 is 1.25. The van der Waals surface area contributed by atoms with Crippen LogP contribution in [0.1, 0.15) is 30.5 Å². The summed E-state index contributed by atoms with van der Waals surface area (Å²) in [5.74, 6) is 0. The third kappa shape index (κ3) is 2.68. The first kappa shape index (κ1) is 13.1. The molecule has 0 radical (unpaired) electrons. The minimum absolute atomic E-state index is 0.317. The number of aromatic nitrogens is 1. The fourth-order valence-corrected chi connectivity index (χ4v) is 3.37. The average molecular weight is 282 g/mol. The van der Waals surface area contributed by atoms with Gasteiger partial charge in [-0.15, -0.1) is 0 Å². The van der Waals surface area contributed by atoms with Crippen LogP contribution in [-0.2, 0) is 0 Å². The minimum Gasteiger partial charge on any atom is -0.355 e. The predicted molar refractivity (Wildman–Crippen MR) is 87.5 cm³/mol. The van der Waals surface area contributed by atoms with Crippen LogP contribution in [0.25, 0.3) is 10.2 Å². The van der Waals surface area contributed by atoms with Gasteiger partial charge in [0, 0.05) is 0 Å². The monoisotopic (exact) mass is 282 g/mol. The van der Waals surface area contributed by atoms with E-state index in [2.05, 4.69) is 72.7 Å². The molecule has 2 nitrogen and oxygen atoms in total. The molecule has 1 N–H and O–H groups in total. The third-order valence-electron chi connectivity index (χ3n) is 3.45. The van der Waals surface area contributed by atoms with Crippen LogP contribution in [0.2, 0.25) is 0 Å². The third-order valence-corrected chi connectivity index (χ3v) is 4.40. The lowest BCUT2D eigenvalue weighted by molar-refractivity contribution is 0.748. The van der Waals surface area contributed by atoms with Crippen molar-refractivity contribution in [3.05, 3.63) is 59.7 Å². The molecule has 0 aliphatic heterocycles. The maximum Gasteiger partial charge on any atom is 0.184 e. The summed E-state index contributed by atoms with van der Waals surface area (Å²) in [6.07, 6.45) is 1.04. The molecule has 3 heteroatoms. The van der Waals surface area contributed by atoms with E-state index in [0.717, 1.165) is 17.1 Å². The van der Waals surface area contributed by atoms with Crippen LogP contribution in [0.5, 0.6) is 0 Å². The molecule has 20 heavy (non-hydrogen) atoms. The Labute approximate surface area is 123 Å². The van der Waals surface area contributed by atoms with Crippen LogP contribution in [-0.4, -0.2) is 4.98 Å². The van der Waals surface area contributed by atoms with E-state index in [9.17, 15) is 0 Å². The molecular weight excluding hydrogens is 264 g/mol. The Morgan fingerprint density at radius 3 is 2.70 bits per heavy atom. The molecule has 0 saturated heterocycles. The number of anilines is 1. The van der Waals surface area contributed by atoms with Crippen LogP contribution < -0.4 is 5.32 Å². The molecule has 0 amide bonds. The van der Waals surface area contributed by atoms with Gasteiger partial charge in [0.2, 0.25) is 0 Å². The number of hydrogen-bond donors (Lipinski definition) is 1. The first-order chi connectivity index (χ1) is 9.76. The molecule has 0 saturated carbocycles. The van der Waals surface area contributed by atoms with Crippen molar-refractivity contribution in [1.82, 2.24) is 4.98 Å². The highest BCUT2D eigenvalue weighted by atomic mass is 32.1. The van der Waals surface area contributed by atoms with Crippen molar-refractivity contribution < 1.29 is 0 Å². The van der Waals surface area contributed by atoms with Gasteiger partial charge in [0.25, 0.3) is 0 Å². The zero-order chi connectivity index (χ0) is 13.9. The summed E-state index contributed by atoms with van der Waals surface area (Å²) in [7, 11) is 0. The second-order valence-electron chi connectivity index (χ2n) is 5.01. The minimum atomic E-state index is 0.317. The highest BCUT2D eigenvalue weighted by Crippen LogP contribution is 2.30. The Morgan fingerprint density at radius 2 is 1.95 bits per heavy atom. The zero-order valence-corrected chi connectivity index (χ0v) is 12.6. The smallest absolute Gasteiger partial charge is 0.184 e. The maximum absolute atomic E-state index is 4.67. The summed E-state index contributed by atoms with van der Waals surface area (Å²) in [6, 6.07) is 17.3. The summed E-state index contributed by atoms with van der Waals surface area (Å²) in [6.45, 7) is 4.31. The maximum atomic E-state index is 4.67. The lowest BCUT2D eigenvalue weighted by atomic mass is 10.1. The van der Waals surface area contributed by atoms with Crippen LogP contribution in [0.15, 0.2) is 48.5 Å². The summed E-state index contributed by atoms with van der Waals surface area (Å²) in [4.78, 5) is 4.67. The average Bonchev–Trinajstić information content (AvgIpc) is 2.87. The topological polar surface area (TPSA) is 24.9 Å². The van der Waals surface area contributed by atoms with Gasteiger partial charge < -0.3 is 5.32 Å². The molecular formula is C17H18N2S. The summed E-state index contributed by atoms with van der Waals surface area (Å²) in [5.41, 5.74) is 3.67. The molecule has 2 aromatic carbocycles. The Balaban J connectivity index is 1.87. The second kappa shape index (κ2) is 5.63. The zero-order valence-electron chi connectivity index (χ0n) is 11.8. The fourth-order valence-electron chi connectivity index (χ4n) is 2.35. The van der Waals surface area contributed by atoms with E-state index in [4.69, 9.17) is 0 Å². The number of thiazole rings is 1. The van der Waals surface area contributed by atoms with Gasteiger partial charge in [-0.25, -0.2) is 4.98 Å². The van der Waals surface area contributed by atoms with E-state index in [0.29, 0.717) is 6.04 Å². The van der Waals surface area contributed by atoms with Gasteiger partial charge in [-0.3, -0.25) is 0 Å². The van der Waals surface area contributed by atoms with Crippen molar-refractivity contribution in [3.63, 3.8) is 0 Å². The van der Waals surface area contributed by atoms with Crippen molar-refractivity contribution in [2.24, 2.45) is 0 Å². The van der Waals surface area contributed by atoms with E-state index >= 15 is 0 Å². The van der Waals surface area contributed by atoms with E-state index in [1.54, 1.807) is 11.3 Å². The summed E-state index contributed by atoms with van der Waals surface area (Å²) >= 11 is 1.73. The van der Waals surface area contributed by atoms with Crippen molar-refractivity contribution >= 4 is 26.7 Å². The molecule has 1 heterocycles. The quantitative estimate of drug-likeness (QED) is 0.714. The first-order valence-corrected chi connectivity index (χ1v) is 7.76. The normalized spacial score (nSPS) is 12.5. The predicted octanol–water partition coefficient (Wildman–Crippen LogP) is 5.17. The van der Waals surface area contributed by atoms with E-state index in [-0.39, 0.29) is 0 Å². The fraction of sp³-hybridized carbons (Fsp3) is 0.235. The molecule has 3 rings (SSSR count). The van der Waals surface area contributed by atoms with E-state index in [1.165, 1.54) is 15.8 Å². The number of hydrogen-bond acceptors (Lipinski definition) is 3. The molecule has 0 aliphatic rings. The Kier molecular flexibility index (Phi) is 3.70. The molecule has 1 unspecified atom stereocenters. The lowest BCUT2D eigenvalue weighted by Crippen LogP contribution is -2.09. The molecule has 0 bridgehead atoms. The van der Waals surface area contributed by atoms with Gasteiger partial charge in [0.05, 0.1) is 16.3 Å². The van der Waals surface area contributed by atoms with Gasteiger partial charge in [0.15, 0.2) is 5.13 Å². The van der Waals surface area contributed by atoms with E-state index in [1.807, 2.05) is 0 Å². The molecule has 102 valence electrons. The molecule has 3 aromatic rings. The van der Waals surface area contributed by atoms with Gasteiger partial charge in [0.1, 0.15) is 0 Å². The van der Waals surface area contributed by atoms with Gasteiger partial charge in [-0.2, -0.15) is 0 Å². The number of benzene rings is 2. The second-order valence-corrected chi connectivity index (χ2v) is 6.04. The van der Waals surface area contributed by atoms with Gasteiger partial charge in [-0.05, 0) is 36.6 Å². The number of nitrogens with one attached hydrogen (secondary N) is 1. The van der Waals surface area contributed by atoms with Crippen molar-refractivity contribution in [2.45, 2.75) is 26.3 Å².